The zero-order valence-corrected chi connectivity index (χ0v) is 21.0. The first-order valence-electron chi connectivity index (χ1n) is 10.0. The molecule has 0 saturated carbocycles. The minimum Gasteiger partial charge on any atom is -0.447 e. The van der Waals surface area contributed by atoms with E-state index in [9.17, 15) is 28.1 Å². The topological polar surface area (TPSA) is 133 Å². The number of nitrogens with one attached hydrogen (secondary N) is 1. The van der Waals surface area contributed by atoms with Gasteiger partial charge in [0.1, 0.15) is 0 Å². The van der Waals surface area contributed by atoms with Crippen molar-refractivity contribution in [2.75, 3.05) is 11.1 Å². The van der Waals surface area contributed by atoms with Crippen molar-refractivity contribution in [2.45, 2.75) is 17.4 Å². The van der Waals surface area contributed by atoms with Gasteiger partial charge in [0.15, 0.2) is 9.84 Å². The molecule has 1 atom stereocenters. The number of nitro groups is 1. The first-order chi connectivity index (χ1) is 16.6. The summed E-state index contributed by atoms with van der Waals surface area (Å²) in [7, 11) is -3.78. The summed E-state index contributed by atoms with van der Waals surface area (Å²) < 4.78 is 30.6. The van der Waals surface area contributed by atoms with Gasteiger partial charge in [-0.3, -0.25) is 19.7 Å². The van der Waals surface area contributed by atoms with Crippen LogP contribution in [-0.4, -0.2) is 31.0 Å². The Labute approximate surface area is 214 Å². The van der Waals surface area contributed by atoms with Crippen molar-refractivity contribution in [3.63, 3.8) is 0 Å². The molecule has 0 bridgehead atoms. The number of carbonyl (C=O) groups is 2. The first kappa shape index (κ1) is 26.3. The van der Waals surface area contributed by atoms with Gasteiger partial charge >= 0.3 is 5.97 Å². The molecule has 0 radical (unpaired) electrons. The number of hydrogen-bond donors (Lipinski definition) is 1. The fraction of sp³-hybridized carbons (Fsp3) is 0.130. The number of hydrogen-bond acceptors (Lipinski definition) is 7. The number of benzene rings is 3. The minimum absolute atomic E-state index is 0.00933. The molecule has 0 aliphatic heterocycles. The summed E-state index contributed by atoms with van der Waals surface area (Å²) in [5.74, 6) is -2.14. The average Bonchev–Trinajstić information content (AvgIpc) is 2.83. The lowest BCUT2D eigenvalue weighted by atomic mass is 10.1. The summed E-state index contributed by atoms with van der Waals surface area (Å²) in [6.45, 7) is 0. The molecule has 12 heteroatoms. The van der Waals surface area contributed by atoms with Crippen molar-refractivity contribution >= 4 is 60.6 Å². The number of non-ortho nitro benzene ring substituents is 1. The number of anilines is 1. The summed E-state index contributed by atoms with van der Waals surface area (Å²) in [4.78, 5) is 35.9. The van der Waals surface area contributed by atoms with Crippen LogP contribution in [0.5, 0.6) is 0 Å². The number of amides is 1. The molecule has 1 N–H and O–H groups in total. The molecule has 0 aliphatic rings. The van der Waals surface area contributed by atoms with E-state index in [0.717, 1.165) is 0 Å². The second kappa shape index (κ2) is 11.4. The maximum Gasteiger partial charge on any atom is 0.307 e. The molecule has 0 aliphatic carbocycles. The van der Waals surface area contributed by atoms with Crippen LogP contribution in [0.3, 0.4) is 0 Å². The van der Waals surface area contributed by atoms with Crippen molar-refractivity contribution in [1.29, 1.82) is 0 Å². The van der Waals surface area contributed by atoms with E-state index in [4.69, 9.17) is 16.3 Å². The van der Waals surface area contributed by atoms with Crippen LogP contribution in [0.1, 0.15) is 18.1 Å². The fourth-order valence-electron chi connectivity index (χ4n) is 2.99. The van der Waals surface area contributed by atoms with Gasteiger partial charge in [0.25, 0.3) is 11.6 Å². The Hall–Kier alpha value is -3.28. The summed E-state index contributed by atoms with van der Waals surface area (Å²) >= 11 is 8.96. The van der Waals surface area contributed by atoms with Gasteiger partial charge in [0.2, 0.25) is 6.10 Å². The molecular formula is C23H18BrClN2O7S. The standard InChI is InChI=1S/C23H18BrClN2O7S/c24-19-14-17(27(30)31)8-11-20(19)26-23(29)22(15-4-2-1-3-5-15)34-21(28)12-13-35(32,33)18-9-6-16(25)7-10-18/h1-11,14,22H,12-13H2,(H,26,29). The third-order valence-electron chi connectivity index (χ3n) is 4.76. The molecule has 1 unspecified atom stereocenters. The highest BCUT2D eigenvalue weighted by molar-refractivity contribution is 9.10. The van der Waals surface area contributed by atoms with Crippen molar-refractivity contribution in [3.05, 3.63) is 98.0 Å². The molecule has 0 aromatic heterocycles. The van der Waals surface area contributed by atoms with Crippen LogP contribution in [0.25, 0.3) is 0 Å². The molecular weight excluding hydrogens is 564 g/mol. The zero-order chi connectivity index (χ0) is 25.6. The maximum absolute atomic E-state index is 13.0. The Morgan fingerprint density at radius 2 is 1.71 bits per heavy atom. The molecule has 0 heterocycles. The van der Waals surface area contributed by atoms with Crippen molar-refractivity contribution in [3.8, 4) is 0 Å². The van der Waals surface area contributed by atoms with Gasteiger partial charge in [0, 0.05) is 27.2 Å². The van der Waals surface area contributed by atoms with Crippen molar-refractivity contribution in [1.82, 2.24) is 0 Å². The number of ether oxygens (including phenoxy) is 1. The number of halogens is 2. The van der Waals surface area contributed by atoms with Crippen LogP contribution in [0.4, 0.5) is 11.4 Å². The van der Waals surface area contributed by atoms with E-state index in [1.165, 1.54) is 42.5 Å². The first-order valence-corrected chi connectivity index (χ1v) is 12.9. The van der Waals surface area contributed by atoms with Crippen LogP contribution < -0.4 is 5.32 Å². The van der Waals surface area contributed by atoms with E-state index in [0.29, 0.717) is 10.6 Å². The Morgan fingerprint density at radius 3 is 2.31 bits per heavy atom. The van der Waals surface area contributed by atoms with E-state index >= 15 is 0 Å². The van der Waals surface area contributed by atoms with Crippen LogP contribution >= 0.6 is 27.5 Å². The highest BCUT2D eigenvalue weighted by Crippen LogP contribution is 2.29. The number of carbonyl (C=O) groups excluding carboxylic acids is 2. The second-order valence-corrected chi connectivity index (χ2v) is 10.6. The lowest BCUT2D eigenvalue weighted by molar-refractivity contribution is -0.384. The Balaban J connectivity index is 1.74. The van der Waals surface area contributed by atoms with Crippen LogP contribution in [0, 0.1) is 10.1 Å². The van der Waals surface area contributed by atoms with Gasteiger partial charge in [-0.1, -0.05) is 41.9 Å². The molecule has 3 rings (SSSR count). The summed E-state index contributed by atoms with van der Waals surface area (Å²) in [6, 6.07) is 17.5. The molecule has 9 nitrogen and oxygen atoms in total. The lowest BCUT2D eigenvalue weighted by Gasteiger charge is -2.18. The summed E-state index contributed by atoms with van der Waals surface area (Å²) in [5.41, 5.74) is 0.405. The van der Waals surface area contributed by atoms with Crippen LogP contribution in [-0.2, 0) is 24.2 Å². The Kier molecular flexibility index (Phi) is 8.60. The largest absolute Gasteiger partial charge is 0.447 e. The lowest BCUT2D eigenvalue weighted by Crippen LogP contribution is -2.26. The zero-order valence-electron chi connectivity index (χ0n) is 17.9. The van der Waals surface area contributed by atoms with Gasteiger partial charge < -0.3 is 10.1 Å². The quantitative estimate of drug-likeness (QED) is 0.211. The molecule has 0 fully saturated rings. The normalized spacial score (nSPS) is 11.9. The number of nitro benzene ring substituents is 1. The predicted molar refractivity (Wildman–Crippen MR) is 133 cm³/mol. The molecule has 182 valence electrons. The SMILES string of the molecule is O=C(CCS(=O)(=O)c1ccc(Cl)cc1)OC(C(=O)Nc1ccc([N+](=O)[O-])cc1Br)c1ccccc1. The summed E-state index contributed by atoms with van der Waals surface area (Å²) in [6.07, 6.45) is -1.87. The Morgan fingerprint density at radius 1 is 1.06 bits per heavy atom. The molecule has 35 heavy (non-hydrogen) atoms. The molecule has 0 saturated heterocycles. The summed E-state index contributed by atoms with van der Waals surface area (Å²) in [5, 5.41) is 13.9. The third-order valence-corrected chi connectivity index (χ3v) is 7.40. The number of nitrogens with zero attached hydrogens (tertiary/aromatic N) is 1. The van der Waals surface area contributed by atoms with Gasteiger partial charge in [-0.2, -0.15) is 0 Å². The monoisotopic (exact) mass is 580 g/mol. The minimum atomic E-state index is -3.78. The van der Waals surface area contributed by atoms with Crippen molar-refractivity contribution in [2.24, 2.45) is 0 Å². The highest BCUT2D eigenvalue weighted by Gasteiger charge is 2.27. The highest BCUT2D eigenvalue weighted by atomic mass is 79.9. The third kappa shape index (κ3) is 7.10. The van der Waals surface area contributed by atoms with E-state index < -0.39 is 44.9 Å². The predicted octanol–water partition coefficient (Wildman–Crippen LogP) is 5.10. The maximum atomic E-state index is 13.0. The van der Waals surface area contributed by atoms with E-state index in [-0.39, 0.29) is 20.7 Å². The van der Waals surface area contributed by atoms with Gasteiger partial charge in [-0.15, -0.1) is 0 Å². The molecule has 3 aromatic rings. The number of sulfone groups is 1. The fourth-order valence-corrected chi connectivity index (χ4v) is 4.80. The molecule has 3 aromatic carbocycles. The van der Waals surface area contributed by atoms with E-state index in [1.54, 1.807) is 30.3 Å². The molecule has 1 amide bonds. The number of rotatable bonds is 9. The van der Waals surface area contributed by atoms with E-state index in [1.807, 2.05) is 0 Å². The van der Waals surface area contributed by atoms with Crippen LogP contribution in [0.2, 0.25) is 5.02 Å². The van der Waals surface area contributed by atoms with E-state index in [2.05, 4.69) is 21.2 Å². The smallest absolute Gasteiger partial charge is 0.307 e. The number of esters is 1. The van der Waals surface area contributed by atoms with Gasteiger partial charge in [0.05, 0.1) is 27.7 Å². The Bertz CT molecular complexity index is 1350. The van der Waals surface area contributed by atoms with Gasteiger partial charge in [-0.05, 0) is 46.3 Å². The van der Waals surface area contributed by atoms with Crippen LogP contribution in [0.15, 0.2) is 82.2 Å². The van der Waals surface area contributed by atoms with Gasteiger partial charge in [-0.25, -0.2) is 8.42 Å². The molecule has 0 spiro atoms. The second-order valence-electron chi connectivity index (χ2n) is 7.21. The van der Waals surface area contributed by atoms with Crippen molar-refractivity contribution < 1.29 is 27.7 Å². The average molecular weight is 582 g/mol.